The summed E-state index contributed by atoms with van der Waals surface area (Å²) in [5, 5.41) is 5.61. The minimum Gasteiger partial charge on any atom is -0.486 e. The van der Waals surface area contributed by atoms with E-state index in [0.29, 0.717) is 66.8 Å². The molecular formula is C24H27N3O7S. The number of fused-ring (bicyclic) bond motifs is 2. The Morgan fingerprint density at radius 1 is 1.11 bits per heavy atom. The normalized spacial score (nSPS) is 21.9. The molecule has 5 rings (SSSR count). The number of hydrogen-bond donors (Lipinski definition) is 2. The molecule has 2 atom stereocenters. The van der Waals surface area contributed by atoms with Crippen LogP contribution in [0.5, 0.6) is 17.2 Å². The number of piperidine rings is 1. The summed E-state index contributed by atoms with van der Waals surface area (Å²) >= 11 is 0. The molecule has 3 heterocycles. The molecule has 1 saturated heterocycles. The lowest BCUT2D eigenvalue weighted by Crippen LogP contribution is -2.44. The van der Waals surface area contributed by atoms with Crippen LogP contribution in [0.1, 0.15) is 25.3 Å². The molecular weight excluding hydrogens is 474 g/mol. The number of amides is 2. The fraction of sp³-hybridized carbons (Fsp3) is 0.417. The number of carbonyl (C=O) groups is 2. The van der Waals surface area contributed by atoms with Gasteiger partial charge in [-0.05, 0) is 50.5 Å². The Morgan fingerprint density at radius 2 is 1.89 bits per heavy atom. The summed E-state index contributed by atoms with van der Waals surface area (Å²) in [5.41, 5.74) is 1.50. The second-order valence-corrected chi connectivity index (χ2v) is 10.8. The highest BCUT2D eigenvalue weighted by Gasteiger charge is 2.35. The van der Waals surface area contributed by atoms with Crippen LogP contribution in [0.15, 0.2) is 35.2 Å². The zero-order valence-corrected chi connectivity index (χ0v) is 20.3. The van der Waals surface area contributed by atoms with E-state index in [9.17, 15) is 18.0 Å². The Balaban J connectivity index is 1.32. The summed E-state index contributed by atoms with van der Waals surface area (Å²) in [7, 11) is -3.88. The van der Waals surface area contributed by atoms with Crippen molar-refractivity contribution in [3.8, 4) is 17.2 Å². The Hall–Kier alpha value is -3.31. The first-order valence-corrected chi connectivity index (χ1v) is 13.0. The lowest BCUT2D eigenvalue weighted by molar-refractivity contribution is -0.123. The van der Waals surface area contributed by atoms with E-state index in [0.717, 1.165) is 0 Å². The van der Waals surface area contributed by atoms with Crippen molar-refractivity contribution < 1.29 is 32.2 Å². The number of nitrogens with one attached hydrogen (secondary N) is 2. The molecule has 186 valence electrons. The highest BCUT2D eigenvalue weighted by Crippen LogP contribution is 2.37. The summed E-state index contributed by atoms with van der Waals surface area (Å²) < 4.78 is 45.1. The van der Waals surface area contributed by atoms with Gasteiger partial charge in [-0.3, -0.25) is 9.59 Å². The first-order chi connectivity index (χ1) is 16.7. The average Bonchev–Trinajstić information content (AvgIpc) is 2.84. The molecule has 35 heavy (non-hydrogen) atoms. The van der Waals surface area contributed by atoms with Gasteiger partial charge in [0.1, 0.15) is 19.0 Å². The zero-order chi connectivity index (χ0) is 24.7. The van der Waals surface area contributed by atoms with Crippen molar-refractivity contribution in [1.82, 2.24) is 4.31 Å². The third-order valence-electron chi connectivity index (χ3n) is 6.39. The Morgan fingerprint density at radius 3 is 2.69 bits per heavy atom. The van der Waals surface area contributed by atoms with Crippen LogP contribution >= 0.6 is 0 Å². The summed E-state index contributed by atoms with van der Waals surface area (Å²) in [4.78, 5) is 25.0. The predicted octanol–water partition coefficient (Wildman–Crippen LogP) is 2.53. The quantitative estimate of drug-likeness (QED) is 0.660. The summed E-state index contributed by atoms with van der Waals surface area (Å²) in [5.74, 6) is 0.477. The van der Waals surface area contributed by atoms with Gasteiger partial charge in [0.05, 0.1) is 16.5 Å². The standard InChI is InChI=1S/C24H27N3O7S/c1-14-10-18-20(34-15(2)23(28)26-18)12-22(14)35(30,31)27-7-3-4-16(13-27)24(29)25-17-5-6-19-21(11-17)33-9-8-32-19/h5-6,10-12,15-16H,3-4,7-9,13H2,1-2H3,(H,25,29)(H,26,28)/t15-,16-/m0/s1. The van der Waals surface area contributed by atoms with Crippen molar-refractivity contribution in [2.45, 2.75) is 37.7 Å². The first kappa shape index (κ1) is 23.4. The number of hydrogen-bond acceptors (Lipinski definition) is 7. The maximum absolute atomic E-state index is 13.5. The Kier molecular flexibility index (Phi) is 6.06. The van der Waals surface area contributed by atoms with Crippen LogP contribution in [0.3, 0.4) is 0 Å². The molecule has 11 heteroatoms. The molecule has 1 fully saturated rings. The second kappa shape index (κ2) is 9.04. The third-order valence-corrected chi connectivity index (χ3v) is 8.40. The Bertz CT molecular complexity index is 1290. The molecule has 2 N–H and O–H groups in total. The number of ether oxygens (including phenoxy) is 3. The van der Waals surface area contributed by atoms with Gasteiger partial charge in [0.2, 0.25) is 15.9 Å². The second-order valence-electron chi connectivity index (χ2n) is 8.91. The van der Waals surface area contributed by atoms with E-state index in [1.807, 2.05) is 0 Å². The number of carbonyl (C=O) groups excluding carboxylic acids is 2. The van der Waals surface area contributed by atoms with Gasteiger partial charge in [0.25, 0.3) is 5.91 Å². The van der Waals surface area contributed by atoms with E-state index in [1.54, 1.807) is 38.1 Å². The lowest BCUT2D eigenvalue weighted by Gasteiger charge is -2.32. The van der Waals surface area contributed by atoms with E-state index in [2.05, 4.69) is 10.6 Å². The molecule has 0 saturated carbocycles. The van der Waals surface area contributed by atoms with Crippen molar-refractivity contribution in [3.05, 3.63) is 35.9 Å². The highest BCUT2D eigenvalue weighted by atomic mass is 32.2. The highest BCUT2D eigenvalue weighted by molar-refractivity contribution is 7.89. The molecule has 3 aliphatic rings. The number of sulfonamides is 1. The van der Waals surface area contributed by atoms with E-state index < -0.39 is 22.0 Å². The van der Waals surface area contributed by atoms with E-state index in [1.165, 1.54) is 10.4 Å². The van der Waals surface area contributed by atoms with Crippen LogP contribution in [0.4, 0.5) is 11.4 Å². The van der Waals surface area contributed by atoms with Crippen molar-refractivity contribution >= 4 is 33.2 Å². The van der Waals surface area contributed by atoms with Crippen molar-refractivity contribution in [2.75, 3.05) is 36.9 Å². The summed E-state index contributed by atoms with van der Waals surface area (Å²) in [6.45, 7) is 4.59. The van der Waals surface area contributed by atoms with E-state index in [-0.39, 0.29) is 23.3 Å². The van der Waals surface area contributed by atoms with Gasteiger partial charge >= 0.3 is 0 Å². The van der Waals surface area contributed by atoms with Crippen LogP contribution in [0, 0.1) is 12.8 Å². The molecule has 2 aromatic carbocycles. The van der Waals surface area contributed by atoms with Gasteiger partial charge in [-0.2, -0.15) is 4.31 Å². The molecule has 2 aromatic rings. The number of rotatable bonds is 4. The third kappa shape index (κ3) is 4.53. The van der Waals surface area contributed by atoms with Crippen LogP contribution < -0.4 is 24.8 Å². The smallest absolute Gasteiger partial charge is 0.265 e. The van der Waals surface area contributed by atoms with Crippen molar-refractivity contribution in [1.29, 1.82) is 0 Å². The molecule has 0 spiro atoms. The molecule has 3 aliphatic heterocycles. The van der Waals surface area contributed by atoms with E-state index >= 15 is 0 Å². The molecule has 10 nitrogen and oxygen atoms in total. The lowest BCUT2D eigenvalue weighted by atomic mass is 9.98. The maximum Gasteiger partial charge on any atom is 0.265 e. The number of benzene rings is 2. The molecule has 0 bridgehead atoms. The topological polar surface area (TPSA) is 123 Å². The van der Waals surface area contributed by atoms with Crippen LogP contribution in [-0.2, 0) is 19.6 Å². The average molecular weight is 502 g/mol. The van der Waals surface area contributed by atoms with Gasteiger partial charge < -0.3 is 24.8 Å². The number of nitrogens with zero attached hydrogens (tertiary/aromatic N) is 1. The molecule has 0 aromatic heterocycles. The van der Waals surface area contributed by atoms with Crippen molar-refractivity contribution in [2.24, 2.45) is 5.92 Å². The predicted molar refractivity (Wildman–Crippen MR) is 127 cm³/mol. The maximum atomic E-state index is 13.5. The number of aryl methyl sites for hydroxylation is 1. The zero-order valence-electron chi connectivity index (χ0n) is 19.5. The summed E-state index contributed by atoms with van der Waals surface area (Å²) in [6.07, 6.45) is 0.425. The molecule has 0 radical (unpaired) electrons. The van der Waals surface area contributed by atoms with Crippen LogP contribution in [0.25, 0.3) is 0 Å². The van der Waals surface area contributed by atoms with E-state index in [4.69, 9.17) is 14.2 Å². The van der Waals surface area contributed by atoms with Crippen molar-refractivity contribution in [3.63, 3.8) is 0 Å². The fourth-order valence-corrected chi connectivity index (χ4v) is 6.25. The van der Waals surface area contributed by atoms with Gasteiger partial charge in [-0.1, -0.05) is 0 Å². The minimum atomic E-state index is -3.88. The van der Waals surface area contributed by atoms with Crippen LogP contribution in [-0.4, -0.2) is 56.9 Å². The fourth-order valence-electron chi connectivity index (χ4n) is 4.50. The van der Waals surface area contributed by atoms with Gasteiger partial charge in [0, 0.05) is 30.9 Å². The molecule has 0 aliphatic carbocycles. The summed E-state index contributed by atoms with van der Waals surface area (Å²) in [6, 6.07) is 8.24. The molecule has 0 unspecified atom stereocenters. The largest absolute Gasteiger partial charge is 0.486 e. The Labute approximate surface area is 203 Å². The monoisotopic (exact) mass is 501 g/mol. The van der Waals surface area contributed by atoms with Gasteiger partial charge in [0.15, 0.2) is 17.6 Å². The van der Waals surface area contributed by atoms with Gasteiger partial charge in [-0.15, -0.1) is 0 Å². The number of anilines is 2. The molecule has 2 amide bonds. The minimum absolute atomic E-state index is 0.0727. The SMILES string of the molecule is Cc1cc2c(cc1S(=O)(=O)N1CCC[C@H](C(=O)Nc3ccc4c(c3)OCCO4)C1)O[C@@H](C)C(=O)N2. The van der Waals surface area contributed by atoms with Crippen LogP contribution in [0.2, 0.25) is 0 Å². The van der Waals surface area contributed by atoms with Gasteiger partial charge in [-0.25, -0.2) is 8.42 Å². The first-order valence-electron chi connectivity index (χ1n) is 11.6.